The van der Waals surface area contributed by atoms with Crippen LogP contribution in [0.1, 0.15) is 60.3 Å². The second-order valence-electron chi connectivity index (χ2n) is 6.94. The lowest BCUT2D eigenvalue weighted by molar-refractivity contribution is -0.147. The van der Waals surface area contributed by atoms with Crippen molar-refractivity contribution in [2.75, 3.05) is 0 Å². The average Bonchev–Trinajstić information content (AvgIpc) is 2.51. The molecule has 0 spiro atoms. The molecule has 0 saturated heterocycles. The molecule has 0 bridgehead atoms. The van der Waals surface area contributed by atoms with E-state index in [9.17, 15) is 9.59 Å². The van der Waals surface area contributed by atoms with E-state index in [4.69, 9.17) is 9.47 Å². The zero-order valence-electron chi connectivity index (χ0n) is 15.9. The van der Waals surface area contributed by atoms with Gasteiger partial charge in [-0.05, 0) is 52.7 Å². The largest absolute Gasteiger partial charge is 0.463 e. The number of thioether (sulfide) groups is 1. The fourth-order valence-electron chi connectivity index (χ4n) is 2.38. The maximum absolute atomic E-state index is 11.9. The molecule has 4 nitrogen and oxygen atoms in total. The van der Waals surface area contributed by atoms with E-state index >= 15 is 0 Å². The summed E-state index contributed by atoms with van der Waals surface area (Å²) in [5.74, 6) is -0.390. The number of carbonyl (C=O) groups is 2. The summed E-state index contributed by atoms with van der Waals surface area (Å²) in [5, 5.41) is 0. The smallest absolute Gasteiger partial charge is 0.306 e. The molecule has 0 aliphatic carbocycles. The Morgan fingerprint density at radius 2 is 1.36 bits per heavy atom. The standard InChI is InChI=1S/C20H30O4S/c1-15(2)23-18(21)11-13-20(5,14-12-19(22)24-16(3)4)25-17-9-7-6-8-10-17/h6-10,15-16H,11-14H2,1-5H3. The minimum Gasteiger partial charge on any atom is -0.463 e. The van der Waals surface area contributed by atoms with Gasteiger partial charge < -0.3 is 9.47 Å². The van der Waals surface area contributed by atoms with Crippen molar-refractivity contribution in [1.29, 1.82) is 0 Å². The number of rotatable bonds is 10. The Bertz CT molecular complexity index is 514. The van der Waals surface area contributed by atoms with Crippen LogP contribution in [0.5, 0.6) is 0 Å². The molecule has 0 saturated carbocycles. The van der Waals surface area contributed by atoms with E-state index in [2.05, 4.69) is 6.92 Å². The van der Waals surface area contributed by atoms with Gasteiger partial charge in [-0.3, -0.25) is 9.59 Å². The van der Waals surface area contributed by atoms with Gasteiger partial charge in [-0.25, -0.2) is 0 Å². The molecule has 0 aliphatic rings. The van der Waals surface area contributed by atoms with Crippen molar-refractivity contribution in [3.05, 3.63) is 30.3 Å². The maximum atomic E-state index is 11.9. The van der Waals surface area contributed by atoms with Crippen LogP contribution in [0.2, 0.25) is 0 Å². The van der Waals surface area contributed by atoms with Gasteiger partial charge in [0.05, 0.1) is 12.2 Å². The van der Waals surface area contributed by atoms with Crippen molar-refractivity contribution in [2.24, 2.45) is 0 Å². The summed E-state index contributed by atoms with van der Waals surface area (Å²) in [7, 11) is 0. The molecule has 1 aromatic carbocycles. The van der Waals surface area contributed by atoms with E-state index in [1.165, 1.54) is 0 Å². The summed E-state index contributed by atoms with van der Waals surface area (Å²) in [6.45, 7) is 9.47. The van der Waals surface area contributed by atoms with Gasteiger partial charge in [-0.2, -0.15) is 0 Å². The zero-order chi connectivity index (χ0) is 18.9. The first-order valence-electron chi connectivity index (χ1n) is 8.83. The highest BCUT2D eigenvalue weighted by Gasteiger charge is 2.28. The predicted octanol–water partition coefficient (Wildman–Crippen LogP) is 5.00. The highest BCUT2D eigenvalue weighted by Crippen LogP contribution is 2.40. The van der Waals surface area contributed by atoms with Gasteiger partial charge in [0.1, 0.15) is 0 Å². The third-order valence-corrected chi connectivity index (χ3v) is 4.97. The molecule has 5 heteroatoms. The fourth-order valence-corrected chi connectivity index (χ4v) is 3.65. The molecule has 0 radical (unpaired) electrons. The Hall–Kier alpha value is -1.49. The lowest BCUT2D eigenvalue weighted by Crippen LogP contribution is -2.25. The number of esters is 2. The van der Waals surface area contributed by atoms with Crippen molar-refractivity contribution < 1.29 is 19.1 Å². The van der Waals surface area contributed by atoms with E-state index < -0.39 is 0 Å². The molecule has 1 rings (SSSR count). The molecule has 0 unspecified atom stereocenters. The minimum atomic E-state index is -0.243. The van der Waals surface area contributed by atoms with Crippen LogP contribution in [-0.2, 0) is 19.1 Å². The molecular formula is C20H30O4S. The van der Waals surface area contributed by atoms with Crippen molar-refractivity contribution in [3.8, 4) is 0 Å². The van der Waals surface area contributed by atoms with Crippen LogP contribution >= 0.6 is 11.8 Å². The molecule has 0 atom stereocenters. The summed E-state index contributed by atoms with van der Waals surface area (Å²) in [4.78, 5) is 25.0. The Balaban J connectivity index is 2.71. The molecule has 0 fully saturated rings. The SMILES string of the molecule is CC(C)OC(=O)CCC(C)(CCC(=O)OC(C)C)Sc1ccccc1. The third-order valence-electron chi connectivity index (χ3n) is 3.56. The molecule has 0 amide bonds. The summed E-state index contributed by atoms with van der Waals surface area (Å²) in [6, 6.07) is 10.0. The van der Waals surface area contributed by atoms with Gasteiger partial charge in [0.25, 0.3) is 0 Å². The Morgan fingerprint density at radius 3 is 1.76 bits per heavy atom. The zero-order valence-corrected chi connectivity index (χ0v) is 16.7. The first-order valence-corrected chi connectivity index (χ1v) is 9.65. The van der Waals surface area contributed by atoms with E-state index in [1.807, 2.05) is 58.0 Å². The number of hydrogen-bond acceptors (Lipinski definition) is 5. The van der Waals surface area contributed by atoms with E-state index in [0.717, 1.165) is 4.90 Å². The Kier molecular flexibility index (Phi) is 9.04. The first-order chi connectivity index (χ1) is 11.7. The first kappa shape index (κ1) is 21.6. The summed E-state index contributed by atoms with van der Waals surface area (Å²) in [6.07, 6.45) is 1.75. The number of carbonyl (C=O) groups excluding carboxylic acids is 2. The van der Waals surface area contributed by atoms with Gasteiger partial charge in [-0.1, -0.05) is 25.1 Å². The lowest BCUT2D eigenvalue weighted by atomic mass is 9.98. The van der Waals surface area contributed by atoms with E-state index in [1.54, 1.807) is 11.8 Å². The highest BCUT2D eigenvalue weighted by molar-refractivity contribution is 8.00. The van der Waals surface area contributed by atoms with Crippen molar-refractivity contribution >= 4 is 23.7 Å². The van der Waals surface area contributed by atoms with Crippen molar-refractivity contribution in [1.82, 2.24) is 0 Å². The molecular weight excluding hydrogens is 336 g/mol. The molecule has 25 heavy (non-hydrogen) atoms. The maximum Gasteiger partial charge on any atom is 0.306 e. The quantitative estimate of drug-likeness (QED) is 0.431. The van der Waals surface area contributed by atoms with Crippen LogP contribution in [0, 0.1) is 0 Å². The molecule has 0 aromatic heterocycles. The van der Waals surface area contributed by atoms with Crippen molar-refractivity contribution in [2.45, 2.75) is 82.2 Å². The van der Waals surface area contributed by atoms with Gasteiger partial charge >= 0.3 is 11.9 Å². The number of benzene rings is 1. The monoisotopic (exact) mass is 366 g/mol. The van der Waals surface area contributed by atoms with Crippen LogP contribution in [0.4, 0.5) is 0 Å². The van der Waals surface area contributed by atoms with Crippen LogP contribution in [0.25, 0.3) is 0 Å². The van der Waals surface area contributed by atoms with E-state index in [-0.39, 0.29) is 28.9 Å². The summed E-state index contributed by atoms with van der Waals surface area (Å²) in [5.41, 5.74) is 0. The normalized spacial score (nSPS) is 11.6. The minimum absolute atomic E-state index is 0.110. The Labute approximate surface area is 155 Å². The van der Waals surface area contributed by atoms with Crippen LogP contribution < -0.4 is 0 Å². The van der Waals surface area contributed by atoms with E-state index in [0.29, 0.717) is 25.7 Å². The van der Waals surface area contributed by atoms with Crippen LogP contribution in [0.15, 0.2) is 35.2 Å². The van der Waals surface area contributed by atoms with Crippen LogP contribution in [0.3, 0.4) is 0 Å². The molecule has 0 N–H and O–H groups in total. The second kappa shape index (κ2) is 10.5. The topological polar surface area (TPSA) is 52.6 Å². The molecule has 1 aromatic rings. The van der Waals surface area contributed by atoms with Gasteiger partial charge in [0.15, 0.2) is 0 Å². The van der Waals surface area contributed by atoms with Gasteiger partial charge in [0, 0.05) is 22.5 Å². The third kappa shape index (κ3) is 9.54. The fraction of sp³-hybridized carbons (Fsp3) is 0.600. The number of hydrogen-bond donors (Lipinski definition) is 0. The number of ether oxygens (including phenoxy) is 2. The van der Waals surface area contributed by atoms with Crippen LogP contribution in [-0.4, -0.2) is 28.9 Å². The Morgan fingerprint density at radius 1 is 0.920 bits per heavy atom. The second-order valence-corrected chi connectivity index (χ2v) is 8.60. The summed E-state index contributed by atoms with van der Waals surface area (Å²) < 4.78 is 10.2. The van der Waals surface area contributed by atoms with Crippen molar-refractivity contribution in [3.63, 3.8) is 0 Å². The highest BCUT2D eigenvalue weighted by atomic mass is 32.2. The predicted molar refractivity (Wildman–Crippen MR) is 102 cm³/mol. The lowest BCUT2D eigenvalue weighted by Gasteiger charge is -2.29. The van der Waals surface area contributed by atoms with Gasteiger partial charge in [0.2, 0.25) is 0 Å². The van der Waals surface area contributed by atoms with Gasteiger partial charge in [-0.15, -0.1) is 11.8 Å². The molecule has 0 aliphatic heterocycles. The summed E-state index contributed by atoms with van der Waals surface area (Å²) >= 11 is 1.70. The molecule has 140 valence electrons. The average molecular weight is 367 g/mol. The molecule has 0 heterocycles.